The van der Waals surface area contributed by atoms with Gasteiger partial charge in [0.15, 0.2) is 0 Å². The molecule has 1 heteroatoms. The van der Waals surface area contributed by atoms with Crippen LogP contribution in [0.15, 0.2) is 103 Å². The van der Waals surface area contributed by atoms with Crippen molar-refractivity contribution in [2.45, 2.75) is 26.7 Å². The van der Waals surface area contributed by atoms with E-state index in [9.17, 15) is 0 Å². The quantitative estimate of drug-likeness (QED) is 0.653. The van der Waals surface area contributed by atoms with E-state index in [1.165, 1.54) is 11.1 Å². The van der Waals surface area contributed by atoms with Crippen LogP contribution in [-0.4, -0.2) is 0 Å². The van der Waals surface area contributed by atoms with Crippen LogP contribution in [0, 0.1) is 0 Å². The molecule has 0 atom stereocenters. The van der Waals surface area contributed by atoms with Crippen molar-refractivity contribution < 1.29 is 20.3 Å². The van der Waals surface area contributed by atoms with Crippen LogP contribution in [0.2, 0.25) is 0 Å². The van der Waals surface area contributed by atoms with Crippen LogP contribution in [-0.2, 0) is 20.3 Å². The van der Waals surface area contributed by atoms with Crippen LogP contribution < -0.4 is 6.54 Å². The maximum atomic E-state index is 2.39. The average Bonchev–Trinajstić information content (AvgIpc) is 3.28. The minimum absolute atomic E-state index is 1.11. The summed E-state index contributed by atoms with van der Waals surface area (Å²) in [5.74, 6) is 0. The molecule has 0 aliphatic heterocycles. The van der Waals surface area contributed by atoms with E-state index in [0.29, 0.717) is 0 Å². The van der Waals surface area contributed by atoms with Gasteiger partial charge in [0.05, 0.1) is 0 Å². The van der Waals surface area contributed by atoms with E-state index in [2.05, 4.69) is 98.8 Å². The van der Waals surface area contributed by atoms with Gasteiger partial charge in [0.2, 0.25) is 0 Å². The van der Waals surface area contributed by atoms with Crippen molar-refractivity contribution in [3.63, 3.8) is 0 Å². The van der Waals surface area contributed by atoms with E-state index in [1.54, 1.807) is 13.1 Å². The summed E-state index contributed by atoms with van der Waals surface area (Å²) in [7, 11) is 0. The predicted octanol–water partition coefficient (Wildman–Crippen LogP) is 5.26. The van der Waals surface area contributed by atoms with E-state index in [4.69, 9.17) is 0 Å². The molecule has 0 amide bonds. The van der Waals surface area contributed by atoms with E-state index in [1.807, 2.05) is 0 Å². The Bertz CT molecular complexity index is 818. The fraction of sp³-hybridized carbons (Fsp3) is 0.167. The predicted molar refractivity (Wildman–Crippen MR) is 105 cm³/mol. The standard InChI is InChI=1S/2C6H7.2C6H5.Zr/c2*1-6-4-2-3-5-6;2*1-2-4-6-5-3-1;/h2*2,4H,3H2,1H3;2*1-5H;. The Morgan fingerprint density at radius 1 is 0.600 bits per heavy atom. The van der Waals surface area contributed by atoms with Gasteiger partial charge in [-0.1, -0.05) is 0 Å². The van der Waals surface area contributed by atoms with Crippen LogP contribution in [0.4, 0.5) is 0 Å². The van der Waals surface area contributed by atoms with Gasteiger partial charge in [0.25, 0.3) is 0 Å². The zero-order valence-electron chi connectivity index (χ0n) is 15.0. The van der Waals surface area contributed by atoms with Crippen molar-refractivity contribution in [2.75, 3.05) is 0 Å². The van der Waals surface area contributed by atoms with Crippen LogP contribution in [0.5, 0.6) is 0 Å². The molecule has 0 saturated carbocycles. The molecule has 0 N–H and O–H groups in total. The molecule has 0 bridgehead atoms. The molecule has 4 rings (SSSR count). The van der Waals surface area contributed by atoms with E-state index >= 15 is 0 Å². The molecule has 2 aromatic carbocycles. The molecule has 0 heterocycles. The van der Waals surface area contributed by atoms with Crippen LogP contribution >= 0.6 is 0 Å². The fourth-order valence-corrected chi connectivity index (χ4v) is 18.5. The third-order valence-corrected chi connectivity index (χ3v) is 18.9. The van der Waals surface area contributed by atoms with Gasteiger partial charge in [-0.05, 0) is 0 Å². The number of rotatable bonds is 4. The first kappa shape index (κ1) is 16.7. The Morgan fingerprint density at radius 3 is 1.32 bits per heavy atom. The summed E-state index contributed by atoms with van der Waals surface area (Å²) in [6, 6.07) is 22.7. The number of allylic oxidation sites excluding steroid dienone is 8. The average molecular weight is 404 g/mol. The first-order valence-electron chi connectivity index (χ1n) is 9.09. The molecule has 0 fully saturated rings. The Hall–Kier alpha value is -1.72. The van der Waals surface area contributed by atoms with Gasteiger partial charge in [-0.25, -0.2) is 0 Å². The summed E-state index contributed by atoms with van der Waals surface area (Å²) in [6.45, 7) is 4.63. The van der Waals surface area contributed by atoms with Gasteiger partial charge in [-0.2, -0.15) is 0 Å². The summed E-state index contributed by atoms with van der Waals surface area (Å²) >= 11 is -3.20. The van der Waals surface area contributed by atoms with Crippen molar-refractivity contribution in [1.82, 2.24) is 0 Å². The van der Waals surface area contributed by atoms with E-state index in [0.717, 1.165) is 12.8 Å². The summed E-state index contributed by atoms with van der Waals surface area (Å²) in [4.78, 5) is 0. The summed E-state index contributed by atoms with van der Waals surface area (Å²) in [6.07, 6.45) is 11.6. The van der Waals surface area contributed by atoms with Gasteiger partial charge in [0, 0.05) is 0 Å². The number of hydrogen-bond acceptors (Lipinski definition) is 0. The molecule has 0 aromatic heterocycles. The zero-order valence-corrected chi connectivity index (χ0v) is 17.5. The van der Waals surface area contributed by atoms with Crippen molar-refractivity contribution in [2.24, 2.45) is 0 Å². The Kier molecular flexibility index (Phi) is 4.61. The molecule has 2 aromatic rings. The molecular weight excluding hydrogens is 379 g/mol. The van der Waals surface area contributed by atoms with Gasteiger partial charge < -0.3 is 0 Å². The monoisotopic (exact) mass is 402 g/mol. The zero-order chi connectivity index (χ0) is 17.3. The summed E-state index contributed by atoms with van der Waals surface area (Å²) < 4.78 is 6.62. The molecule has 2 aliphatic carbocycles. The second-order valence-corrected chi connectivity index (χ2v) is 16.5. The first-order valence-corrected chi connectivity index (χ1v) is 14.0. The number of hydrogen-bond donors (Lipinski definition) is 0. The molecule has 25 heavy (non-hydrogen) atoms. The second-order valence-electron chi connectivity index (χ2n) is 7.02. The number of benzene rings is 2. The summed E-state index contributed by atoms with van der Waals surface area (Å²) in [5, 5.41) is 0. The molecule has 0 radical (unpaired) electrons. The van der Waals surface area contributed by atoms with Crippen molar-refractivity contribution >= 4 is 6.54 Å². The van der Waals surface area contributed by atoms with Crippen molar-refractivity contribution in [3.05, 3.63) is 103 Å². The Labute approximate surface area is 155 Å². The molecule has 0 nitrogen and oxygen atoms in total. The van der Waals surface area contributed by atoms with Crippen LogP contribution in [0.25, 0.3) is 0 Å². The van der Waals surface area contributed by atoms with E-state index in [-0.39, 0.29) is 0 Å². The molecule has 0 unspecified atom stereocenters. The van der Waals surface area contributed by atoms with Gasteiger partial charge in [0.1, 0.15) is 0 Å². The molecule has 0 spiro atoms. The Morgan fingerprint density at radius 2 is 1.00 bits per heavy atom. The van der Waals surface area contributed by atoms with E-state index < -0.39 is 20.3 Å². The van der Waals surface area contributed by atoms with Gasteiger partial charge in [-0.15, -0.1) is 0 Å². The molecular formula is C24H24Zr. The van der Waals surface area contributed by atoms with Crippen molar-refractivity contribution in [1.29, 1.82) is 0 Å². The van der Waals surface area contributed by atoms with Gasteiger partial charge in [-0.3, -0.25) is 0 Å². The SMILES string of the molecule is CC1=[C]([Zr]([C]2=C(C)C=CC2)([c]2ccccc2)[c]2ccccc2)CC=C1. The normalized spacial score (nSPS) is 17.0. The third-order valence-electron chi connectivity index (χ3n) is 5.65. The topological polar surface area (TPSA) is 0 Å². The minimum atomic E-state index is -3.20. The molecule has 2 aliphatic rings. The third kappa shape index (κ3) is 2.70. The van der Waals surface area contributed by atoms with Crippen molar-refractivity contribution in [3.8, 4) is 0 Å². The Balaban J connectivity index is 2.10. The van der Waals surface area contributed by atoms with Crippen LogP contribution in [0.3, 0.4) is 0 Å². The van der Waals surface area contributed by atoms with Crippen LogP contribution in [0.1, 0.15) is 26.7 Å². The first-order chi connectivity index (χ1) is 12.2. The fourth-order valence-electron chi connectivity index (χ4n) is 4.55. The summed E-state index contributed by atoms with van der Waals surface area (Å²) in [5.41, 5.74) is 2.99. The van der Waals surface area contributed by atoms with Gasteiger partial charge >= 0.3 is 156 Å². The molecule has 0 saturated heterocycles. The maximum absolute atomic E-state index is 3.20. The second kappa shape index (κ2) is 6.89. The molecule has 124 valence electrons.